The van der Waals surface area contributed by atoms with E-state index in [-0.39, 0.29) is 10.6 Å². The highest BCUT2D eigenvalue weighted by Gasteiger charge is 2.28. The van der Waals surface area contributed by atoms with Crippen LogP contribution in [0.1, 0.15) is 5.56 Å². The second-order valence-corrected chi connectivity index (χ2v) is 3.00. The zero-order valence-corrected chi connectivity index (χ0v) is 7.15. The molecular weight excluding hydrogens is 205 g/mol. The highest BCUT2D eigenvalue weighted by Crippen LogP contribution is 2.28. The van der Waals surface area contributed by atoms with Crippen molar-refractivity contribution in [2.75, 3.05) is 0 Å². The summed E-state index contributed by atoms with van der Waals surface area (Å²) in [7, 11) is 0. The Morgan fingerprint density at radius 1 is 1.31 bits per heavy atom. The topological polar surface area (TPSA) is 20.2 Å². The van der Waals surface area contributed by atoms with E-state index in [2.05, 4.69) is 0 Å². The van der Waals surface area contributed by atoms with Gasteiger partial charge in [-0.1, -0.05) is 17.7 Å². The lowest BCUT2D eigenvalue weighted by Crippen LogP contribution is -2.11. The second kappa shape index (κ2) is 3.46. The van der Waals surface area contributed by atoms with Crippen LogP contribution in [0.25, 0.3) is 0 Å². The number of phenols is 1. The molecule has 0 aliphatic carbocycles. The van der Waals surface area contributed by atoms with Crippen molar-refractivity contribution < 1.29 is 18.3 Å². The summed E-state index contributed by atoms with van der Waals surface area (Å²) in [6.45, 7) is 0. The lowest BCUT2D eigenvalue weighted by atomic mass is 10.1. The van der Waals surface area contributed by atoms with Crippen LogP contribution >= 0.6 is 11.6 Å². The van der Waals surface area contributed by atoms with Gasteiger partial charge in [-0.05, 0) is 12.1 Å². The van der Waals surface area contributed by atoms with Crippen LogP contribution in [0.3, 0.4) is 0 Å². The van der Waals surface area contributed by atoms with E-state index < -0.39 is 18.3 Å². The Bertz CT molecular complexity index is 309. The maximum absolute atomic E-state index is 11.9. The van der Waals surface area contributed by atoms with E-state index in [1.54, 1.807) is 0 Å². The van der Waals surface area contributed by atoms with E-state index in [1.165, 1.54) is 6.07 Å². The average Bonchev–Trinajstić information content (AvgIpc) is 1.93. The summed E-state index contributed by atoms with van der Waals surface area (Å²) in [4.78, 5) is 0. The molecule has 0 saturated heterocycles. The van der Waals surface area contributed by atoms with Crippen molar-refractivity contribution in [2.45, 2.75) is 12.6 Å². The van der Waals surface area contributed by atoms with Crippen LogP contribution in [0.4, 0.5) is 13.2 Å². The van der Waals surface area contributed by atoms with Crippen LogP contribution in [0.15, 0.2) is 18.2 Å². The number of hydrogen-bond donors (Lipinski definition) is 1. The number of hydrogen-bond acceptors (Lipinski definition) is 1. The molecule has 0 amide bonds. The summed E-state index contributed by atoms with van der Waals surface area (Å²) in [5.74, 6) is -0.426. The van der Waals surface area contributed by atoms with E-state index in [0.717, 1.165) is 12.1 Å². The molecule has 0 aliphatic rings. The van der Waals surface area contributed by atoms with Gasteiger partial charge in [0.15, 0.2) is 0 Å². The quantitative estimate of drug-likeness (QED) is 0.755. The third kappa shape index (κ3) is 3.14. The van der Waals surface area contributed by atoms with Crippen LogP contribution in [0.2, 0.25) is 5.02 Å². The van der Waals surface area contributed by atoms with Gasteiger partial charge in [0.05, 0.1) is 6.42 Å². The summed E-state index contributed by atoms with van der Waals surface area (Å²) >= 11 is 5.45. The maximum Gasteiger partial charge on any atom is 0.393 e. The molecule has 0 bridgehead atoms. The third-order valence-electron chi connectivity index (χ3n) is 1.44. The summed E-state index contributed by atoms with van der Waals surface area (Å²) in [6.07, 6.45) is -5.46. The molecular formula is C8H6ClF3O. The Morgan fingerprint density at radius 3 is 2.38 bits per heavy atom. The summed E-state index contributed by atoms with van der Waals surface area (Å²) in [5, 5.41) is 9.28. The first-order chi connectivity index (χ1) is 5.88. The standard InChI is InChI=1S/C8H6ClF3O/c9-6-2-1-5(7(13)3-6)4-8(10,11)12/h1-3,13H,4H2. The monoisotopic (exact) mass is 210 g/mol. The second-order valence-electron chi connectivity index (χ2n) is 2.56. The van der Waals surface area contributed by atoms with E-state index in [4.69, 9.17) is 16.7 Å². The number of phenolic OH excluding ortho intramolecular Hbond substituents is 1. The minimum atomic E-state index is -4.31. The molecule has 0 atom stereocenters. The zero-order valence-electron chi connectivity index (χ0n) is 6.40. The molecule has 5 heteroatoms. The lowest BCUT2D eigenvalue weighted by Gasteiger charge is -2.07. The van der Waals surface area contributed by atoms with Gasteiger partial charge in [0.25, 0.3) is 0 Å². The molecule has 1 aromatic carbocycles. The van der Waals surface area contributed by atoms with Crippen molar-refractivity contribution >= 4 is 11.6 Å². The van der Waals surface area contributed by atoms with Crippen molar-refractivity contribution in [3.63, 3.8) is 0 Å². The Labute approximate surface area is 77.8 Å². The van der Waals surface area contributed by atoms with Gasteiger partial charge in [-0.25, -0.2) is 0 Å². The molecule has 1 N–H and O–H groups in total. The Morgan fingerprint density at radius 2 is 1.92 bits per heavy atom. The normalized spacial score (nSPS) is 11.7. The molecule has 0 saturated carbocycles. The average molecular weight is 211 g/mol. The first-order valence-corrected chi connectivity index (χ1v) is 3.80. The molecule has 1 aromatic rings. The van der Waals surface area contributed by atoms with E-state index >= 15 is 0 Å². The summed E-state index contributed by atoms with van der Waals surface area (Å²) in [6, 6.07) is 3.55. The Balaban J connectivity index is 2.90. The van der Waals surface area contributed by atoms with E-state index in [1.807, 2.05) is 0 Å². The Kier molecular flexibility index (Phi) is 2.71. The Hall–Kier alpha value is -0.900. The minimum absolute atomic E-state index is 0.170. The number of alkyl halides is 3. The van der Waals surface area contributed by atoms with Crippen molar-refractivity contribution in [2.24, 2.45) is 0 Å². The van der Waals surface area contributed by atoms with Gasteiger partial charge in [0, 0.05) is 10.6 Å². The minimum Gasteiger partial charge on any atom is -0.508 e. The fourth-order valence-corrected chi connectivity index (χ4v) is 1.07. The van der Waals surface area contributed by atoms with Crippen molar-refractivity contribution in [1.82, 2.24) is 0 Å². The fraction of sp³-hybridized carbons (Fsp3) is 0.250. The van der Waals surface area contributed by atoms with Gasteiger partial charge in [-0.3, -0.25) is 0 Å². The van der Waals surface area contributed by atoms with Gasteiger partial charge in [0.2, 0.25) is 0 Å². The highest BCUT2D eigenvalue weighted by molar-refractivity contribution is 6.30. The van der Waals surface area contributed by atoms with Gasteiger partial charge in [-0.2, -0.15) is 13.2 Å². The van der Waals surface area contributed by atoms with Crippen LogP contribution in [0, 0.1) is 0 Å². The van der Waals surface area contributed by atoms with Crippen molar-refractivity contribution in [3.05, 3.63) is 28.8 Å². The lowest BCUT2D eigenvalue weighted by molar-refractivity contribution is -0.127. The maximum atomic E-state index is 11.9. The number of halogens is 4. The zero-order chi connectivity index (χ0) is 10.1. The number of rotatable bonds is 1. The van der Waals surface area contributed by atoms with E-state index in [9.17, 15) is 13.2 Å². The van der Waals surface area contributed by atoms with Gasteiger partial charge < -0.3 is 5.11 Å². The van der Waals surface area contributed by atoms with E-state index in [0.29, 0.717) is 0 Å². The SMILES string of the molecule is Oc1cc(Cl)ccc1CC(F)(F)F. The molecule has 0 aromatic heterocycles. The highest BCUT2D eigenvalue weighted by atomic mass is 35.5. The molecule has 0 fully saturated rings. The predicted octanol–water partition coefficient (Wildman–Crippen LogP) is 3.15. The van der Waals surface area contributed by atoms with Crippen LogP contribution < -0.4 is 0 Å². The van der Waals surface area contributed by atoms with Crippen LogP contribution in [0.5, 0.6) is 5.75 Å². The summed E-state index contributed by atoms with van der Waals surface area (Å²) in [5.41, 5.74) is -0.170. The molecule has 0 spiro atoms. The third-order valence-corrected chi connectivity index (χ3v) is 1.67. The molecule has 0 unspecified atom stereocenters. The largest absolute Gasteiger partial charge is 0.508 e. The molecule has 72 valence electrons. The first kappa shape index (κ1) is 10.2. The summed E-state index contributed by atoms with van der Waals surface area (Å²) < 4.78 is 35.6. The fourth-order valence-electron chi connectivity index (χ4n) is 0.902. The molecule has 0 aliphatic heterocycles. The predicted molar refractivity (Wildman–Crippen MR) is 42.9 cm³/mol. The molecule has 0 heterocycles. The molecule has 0 radical (unpaired) electrons. The van der Waals surface area contributed by atoms with Gasteiger partial charge in [0.1, 0.15) is 5.75 Å². The molecule has 1 rings (SSSR count). The number of aromatic hydroxyl groups is 1. The van der Waals surface area contributed by atoms with Crippen molar-refractivity contribution in [1.29, 1.82) is 0 Å². The number of benzene rings is 1. The molecule has 13 heavy (non-hydrogen) atoms. The molecule has 1 nitrogen and oxygen atoms in total. The van der Waals surface area contributed by atoms with Crippen LogP contribution in [-0.2, 0) is 6.42 Å². The smallest absolute Gasteiger partial charge is 0.393 e. The van der Waals surface area contributed by atoms with Crippen molar-refractivity contribution in [3.8, 4) is 5.75 Å². The van der Waals surface area contributed by atoms with Crippen LogP contribution in [-0.4, -0.2) is 11.3 Å². The van der Waals surface area contributed by atoms with Gasteiger partial charge in [-0.15, -0.1) is 0 Å². The first-order valence-electron chi connectivity index (χ1n) is 3.42. The van der Waals surface area contributed by atoms with Gasteiger partial charge >= 0.3 is 6.18 Å².